The van der Waals surface area contributed by atoms with Crippen LogP contribution in [0.5, 0.6) is 0 Å². The maximum absolute atomic E-state index is 12.2. The summed E-state index contributed by atoms with van der Waals surface area (Å²) in [5, 5.41) is 9.57. The normalized spacial score (nSPS) is 14.8. The van der Waals surface area contributed by atoms with Gasteiger partial charge in [-0.25, -0.2) is 12.8 Å². The third-order valence-corrected chi connectivity index (χ3v) is 3.36. The number of aliphatic hydroxyl groups is 1. The Labute approximate surface area is 106 Å². The average Bonchev–Trinajstić information content (AvgIpc) is 2.26. The summed E-state index contributed by atoms with van der Waals surface area (Å²) in [5.74, 6) is 0. The van der Waals surface area contributed by atoms with Crippen LogP contribution in [0.3, 0.4) is 0 Å². The molecule has 0 saturated heterocycles. The summed E-state index contributed by atoms with van der Waals surface area (Å²) >= 11 is 0. The Balaban J connectivity index is 0.00000256. The average molecular weight is 284 g/mol. The van der Waals surface area contributed by atoms with Gasteiger partial charge < -0.3 is 10.8 Å². The molecule has 1 aromatic rings. The van der Waals surface area contributed by atoms with E-state index in [1.807, 2.05) is 0 Å². The van der Waals surface area contributed by atoms with Crippen molar-refractivity contribution in [1.29, 1.82) is 0 Å². The number of benzene rings is 1. The third-order valence-electron chi connectivity index (χ3n) is 2.23. The Morgan fingerprint density at radius 3 is 2.18 bits per heavy atom. The predicted molar refractivity (Wildman–Crippen MR) is 65.7 cm³/mol. The quantitative estimate of drug-likeness (QED) is 0.858. The minimum Gasteiger partial charge on any atom is -0.387 e. The Bertz CT molecular complexity index is 449. The second-order valence-electron chi connectivity index (χ2n) is 3.60. The van der Waals surface area contributed by atoms with Gasteiger partial charge in [-0.2, -0.15) is 0 Å². The molecule has 0 saturated carbocycles. The molecule has 0 radical (unpaired) electrons. The highest BCUT2D eigenvalue weighted by Gasteiger charge is 2.17. The fourth-order valence-electron chi connectivity index (χ4n) is 1.24. The zero-order valence-electron chi connectivity index (χ0n) is 9.21. The van der Waals surface area contributed by atoms with Gasteiger partial charge in [-0.05, 0) is 17.7 Å². The summed E-state index contributed by atoms with van der Waals surface area (Å²) in [6.45, 7) is -0.838. The fourth-order valence-corrected chi connectivity index (χ4v) is 1.87. The predicted octanol–water partition coefficient (Wildman–Crippen LogP) is 0.842. The first kappa shape index (κ1) is 16.3. The molecule has 0 spiro atoms. The maximum Gasteiger partial charge on any atom is 0.175 e. The van der Waals surface area contributed by atoms with E-state index in [1.165, 1.54) is 24.3 Å². The van der Waals surface area contributed by atoms with E-state index >= 15 is 0 Å². The number of rotatable bonds is 4. The molecule has 0 heterocycles. The van der Waals surface area contributed by atoms with Crippen LogP contribution < -0.4 is 5.73 Å². The maximum atomic E-state index is 12.2. The summed E-state index contributed by atoms with van der Waals surface area (Å²) in [6, 6.07) is 4.58. The lowest BCUT2D eigenvalue weighted by Gasteiger charge is -2.16. The summed E-state index contributed by atoms with van der Waals surface area (Å²) < 4.78 is 34.5. The Morgan fingerprint density at radius 2 is 1.82 bits per heavy atom. The zero-order valence-corrected chi connectivity index (χ0v) is 10.8. The molecule has 3 N–H and O–H groups in total. The molecule has 2 atom stereocenters. The monoisotopic (exact) mass is 283 g/mol. The van der Waals surface area contributed by atoms with E-state index in [4.69, 9.17) is 5.73 Å². The fraction of sp³-hybridized carbons (Fsp3) is 0.400. The van der Waals surface area contributed by atoms with Crippen molar-refractivity contribution >= 4 is 22.2 Å². The number of aliphatic hydroxyl groups excluding tert-OH is 1. The molecule has 1 rings (SSSR count). The third kappa shape index (κ3) is 4.23. The molecule has 0 bridgehead atoms. The number of halogens is 2. The molecule has 0 amide bonds. The van der Waals surface area contributed by atoms with E-state index in [1.54, 1.807) is 0 Å². The van der Waals surface area contributed by atoms with Crippen molar-refractivity contribution in [2.24, 2.45) is 5.73 Å². The first-order valence-corrected chi connectivity index (χ1v) is 6.55. The second-order valence-corrected chi connectivity index (χ2v) is 5.62. The summed E-state index contributed by atoms with van der Waals surface area (Å²) in [4.78, 5) is 0.150. The number of hydrogen-bond donors (Lipinski definition) is 2. The van der Waals surface area contributed by atoms with E-state index in [0.717, 1.165) is 6.26 Å². The lowest BCUT2D eigenvalue weighted by molar-refractivity contribution is 0.132. The summed E-state index contributed by atoms with van der Waals surface area (Å²) in [5.41, 5.74) is 5.73. The summed E-state index contributed by atoms with van der Waals surface area (Å²) in [6.07, 6.45) is -0.0373. The van der Waals surface area contributed by atoms with Gasteiger partial charge in [0.2, 0.25) is 0 Å². The Morgan fingerprint density at radius 1 is 1.35 bits per heavy atom. The van der Waals surface area contributed by atoms with Crippen molar-refractivity contribution in [2.45, 2.75) is 17.0 Å². The van der Waals surface area contributed by atoms with Crippen LogP contribution in [-0.4, -0.2) is 32.5 Å². The van der Waals surface area contributed by atoms with Gasteiger partial charge >= 0.3 is 0 Å². The van der Waals surface area contributed by atoms with Gasteiger partial charge in [0.15, 0.2) is 9.84 Å². The molecule has 0 aliphatic rings. The van der Waals surface area contributed by atoms with Crippen LogP contribution in [0.2, 0.25) is 0 Å². The molecular weight excluding hydrogens is 269 g/mol. The molecule has 17 heavy (non-hydrogen) atoms. The Hall–Kier alpha value is -0.690. The van der Waals surface area contributed by atoms with Crippen molar-refractivity contribution in [2.75, 3.05) is 12.9 Å². The van der Waals surface area contributed by atoms with Crippen LogP contribution >= 0.6 is 12.4 Å². The Kier molecular flexibility index (Phi) is 6.04. The standard InChI is InChI=1S/C10H14FNO3S.ClH/c1-16(14,15)8-4-2-7(3-5-8)10(13)9(12)6-11;/h2-5,9-10,13H,6,12H2,1H3;1H/t9-,10-;/m0./s1. The van der Waals surface area contributed by atoms with E-state index in [-0.39, 0.29) is 17.3 Å². The zero-order chi connectivity index (χ0) is 12.3. The van der Waals surface area contributed by atoms with Crippen molar-refractivity contribution < 1.29 is 17.9 Å². The van der Waals surface area contributed by atoms with Gasteiger partial charge in [-0.1, -0.05) is 12.1 Å². The van der Waals surface area contributed by atoms with Crippen LogP contribution in [-0.2, 0) is 9.84 Å². The van der Waals surface area contributed by atoms with Crippen LogP contribution in [0.25, 0.3) is 0 Å². The molecule has 0 aromatic heterocycles. The van der Waals surface area contributed by atoms with Gasteiger partial charge in [0.1, 0.15) is 6.67 Å². The highest BCUT2D eigenvalue weighted by Crippen LogP contribution is 2.18. The van der Waals surface area contributed by atoms with Gasteiger partial charge in [0, 0.05) is 6.26 Å². The molecule has 1 aromatic carbocycles. The number of alkyl halides is 1. The minimum atomic E-state index is -3.26. The molecule has 0 aliphatic carbocycles. The van der Waals surface area contributed by atoms with Crippen molar-refractivity contribution in [3.05, 3.63) is 29.8 Å². The molecule has 7 heteroatoms. The van der Waals surface area contributed by atoms with E-state index in [9.17, 15) is 17.9 Å². The number of sulfone groups is 1. The van der Waals surface area contributed by atoms with Gasteiger partial charge in [-0.15, -0.1) is 12.4 Å². The SMILES string of the molecule is CS(=O)(=O)c1ccc([C@H](O)[C@@H](N)CF)cc1.Cl. The van der Waals surface area contributed by atoms with Gasteiger partial charge in [-0.3, -0.25) is 0 Å². The molecule has 98 valence electrons. The lowest BCUT2D eigenvalue weighted by atomic mass is 10.0. The second kappa shape index (κ2) is 6.30. The highest BCUT2D eigenvalue weighted by molar-refractivity contribution is 7.90. The lowest BCUT2D eigenvalue weighted by Crippen LogP contribution is -2.30. The molecular formula is C10H15ClFNO3S. The summed E-state index contributed by atoms with van der Waals surface area (Å²) in [7, 11) is -3.26. The minimum absolute atomic E-state index is 0. The van der Waals surface area contributed by atoms with E-state index in [2.05, 4.69) is 0 Å². The van der Waals surface area contributed by atoms with Gasteiger partial charge in [0.25, 0.3) is 0 Å². The molecule has 0 unspecified atom stereocenters. The van der Waals surface area contributed by atoms with Crippen LogP contribution in [0, 0.1) is 0 Å². The molecule has 4 nitrogen and oxygen atoms in total. The van der Waals surface area contributed by atoms with Crippen LogP contribution in [0.15, 0.2) is 29.2 Å². The molecule has 0 fully saturated rings. The van der Waals surface area contributed by atoms with E-state index in [0.29, 0.717) is 5.56 Å². The van der Waals surface area contributed by atoms with Crippen LogP contribution in [0.1, 0.15) is 11.7 Å². The van der Waals surface area contributed by atoms with Gasteiger partial charge in [0.05, 0.1) is 17.0 Å². The largest absolute Gasteiger partial charge is 0.387 e. The first-order chi connectivity index (χ1) is 7.36. The van der Waals surface area contributed by atoms with Crippen molar-refractivity contribution in [3.63, 3.8) is 0 Å². The molecule has 0 aliphatic heterocycles. The number of nitrogens with two attached hydrogens (primary N) is 1. The number of hydrogen-bond acceptors (Lipinski definition) is 4. The highest BCUT2D eigenvalue weighted by atomic mass is 35.5. The first-order valence-electron chi connectivity index (χ1n) is 4.66. The van der Waals surface area contributed by atoms with Crippen molar-refractivity contribution in [3.8, 4) is 0 Å². The van der Waals surface area contributed by atoms with E-state index < -0.39 is 28.7 Å². The van der Waals surface area contributed by atoms with Crippen LogP contribution in [0.4, 0.5) is 4.39 Å². The topological polar surface area (TPSA) is 80.4 Å². The van der Waals surface area contributed by atoms with Crippen molar-refractivity contribution in [1.82, 2.24) is 0 Å². The smallest absolute Gasteiger partial charge is 0.175 e.